The van der Waals surface area contributed by atoms with Crippen molar-refractivity contribution < 1.29 is 66.5 Å². The summed E-state index contributed by atoms with van der Waals surface area (Å²) in [6.45, 7) is 0.348. The van der Waals surface area contributed by atoms with Crippen LogP contribution in [0, 0.1) is 0 Å². The van der Waals surface area contributed by atoms with Crippen LogP contribution in [0.2, 0.25) is 0 Å². The number of benzene rings is 1. The fourth-order valence-corrected chi connectivity index (χ4v) is 4.90. The molecule has 13 nitrogen and oxygen atoms in total. The second-order valence-electron chi connectivity index (χ2n) is 6.06. The van der Waals surface area contributed by atoms with Gasteiger partial charge in [-0.1, -0.05) is 38.8 Å². The summed E-state index contributed by atoms with van der Waals surface area (Å²) >= 11 is 0. The molecule has 0 bridgehead atoms. The molecule has 2 rings (SSSR count). The van der Waals surface area contributed by atoms with Crippen LogP contribution < -0.4 is 34.9 Å². The topological polar surface area (TPSA) is 199 Å². The van der Waals surface area contributed by atoms with Crippen LogP contribution in [0.15, 0.2) is 29.4 Å². The van der Waals surface area contributed by atoms with E-state index in [0.717, 1.165) is 0 Å². The van der Waals surface area contributed by atoms with Gasteiger partial charge in [0.1, 0.15) is 15.4 Å². The normalized spacial score (nSPS) is 15.4. The van der Waals surface area contributed by atoms with E-state index < -0.39 is 39.6 Å². The maximum atomic E-state index is 12.0. The Morgan fingerprint density at radius 2 is 1.88 bits per heavy atom. The average Bonchev–Trinajstić information content (AvgIpc) is 3.02. The molecule has 1 aliphatic heterocycles. The van der Waals surface area contributed by atoms with Crippen LogP contribution in [0.3, 0.4) is 0 Å². The molecule has 172 valence electrons. The predicted octanol–water partition coefficient (Wildman–Crippen LogP) is -1.74. The second kappa shape index (κ2) is 13.8. The zero-order valence-corrected chi connectivity index (χ0v) is 21.7. The molecule has 3 amide bonds. The number of rotatable bonds is 11. The van der Waals surface area contributed by atoms with Gasteiger partial charge in [-0.2, -0.15) is 0 Å². The number of imide groups is 1. The van der Waals surface area contributed by atoms with Gasteiger partial charge in [0.2, 0.25) is 0 Å². The van der Waals surface area contributed by atoms with Crippen LogP contribution in [-0.2, 0) is 29.3 Å². The number of nitrogens with one attached hydrogen (secondary N) is 1. The van der Waals surface area contributed by atoms with E-state index in [9.17, 15) is 32.1 Å². The summed E-state index contributed by atoms with van der Waals surface area (Å²) in [7, 11) is -2.37. The van der Waals surface area contributed by atoms with Gasteiger partial charge in [0, 0.05) is 34.2 Å². The van der Waals surface area contributed by atoms with E-state index in [4.69, 9.17) is 5.53 Å². The number of hydrogen-bond acceptors (Lipinski definition) is 11. The van der Waals surface area contributed by atoms with Crippen molar-refractivity contribution in [1.82, 2.24) is 10.4 Å². The van der Waals surface area contributed by atoms with Gasteiger partial charge in [0.05, 0.1) is 12.8 Å². The summed E-state index contributed by atoms with van der Waals surface area (Å²) < 4.78 is 32.8. The molecule has 0 saturated carbocycles. The Morgan fingerprint density at radius 1 is 1.24 bits per heavy atom. The number of nitrogens with zero attached hydrogens (tertiary/aromatic N) is 4. The van der Waals surface area contributed by atoms with E-state index in [0.29, 0.717) is 23.5 Å². The van der Waals surface area contributed by atoms with Crippen molar-refractivity contribution in [2.75, 3.05) is 18.1 Å². The van der Waals surface area contributed by atoms with E-state index in [1.807, 2.05) is 0 Å². The molecular formula is C16H16N5NaO8S3. The molecule has 0 radical (unpaired) electrons. The molecule has 1 aromatic carbocycles. The van der Waals surface area contributed by atoms with Crippen LogP contribution in [0.5, 0.6) is 0 Å². The Kier molecular flexibility index (Phi) is 12.2. The molecule has 1 heterocycles. The van der Waals surface area contributed by atoms with Gasteiger partial charge >= 0.3 is 35.5 Å². The van der Waals surface area contributed by atoms with Gasteiger partial charge in [-0.05, 0) is 17.7 Å². The summed E-state index contributed by atoms with van der Waals surface area (Å²) in [5, 5.41) is 4.06. The zero-order valence-electron chi connectivity index (χ0n) is 17.2. The van der Waals surface area contributed by atoms with Crippen molar-refractivity contribution >= 4 is 61.1 Å². The minimum atomic E-state index is -5.02. The standard InChI is InChI=1S/C16H17N5O8S3.Na/c17-20-19-11-3-1-10(2-4-11)15(24)18-6-8-31-30-7-5-14(23)29-21-13(22)9-12(16(21)25)32(26,27)28;/h1-4,12H,5-9H2,(H,18,24)(H,26,27,28);/q;+1/p-1. The number of carbonyl (C=O) groups excluding carboxylic acids is 4. The molecule has 1 aliphatic rings. The molecule has 1 unspecified atom stereocenters. The third-order valence-electron chi connectivity index (χ3n) is 3.84. The van der Waals surface area contributed by atoms with E-state index in [-0.39, 0.29) is 52.7 Å². The summed E-state index contributed by atoms with van der Waals surface area (Å²) in [5.41, 5.74) is 9.14. The number of amides is 3. The fourth-order valence-electron chi connectivity index (χ4n) is 2.33. The SMILES string of the molecule is [N-]=[N+]=Nc1ccc(C(=O)NCCSSCCC(=O)ON2C(=O)CC(S(=O)(=O)[O-])C2=O)cc1.[Na+]. The first-order chi connectivity index (χ1) is 15.1. The smallest absolute Gasteiger partial charge is 0.747 e. The Hall–Kier alpha value is -1.78. The molecule has 0 spiro atoms. The van der Waals surface area contributed by atoms with E-state index in [2.05, 4.69) is 20.2 Å². The summed E-state index contributed by atoms with van der Waals surface area (Å²) in [6, 6.07) is 6.08. The van der Waals surface area contributed by atoms with Crippen molar-refractivity contribution in [2.24, 2.45) is 5.11 Å². The van der Waals surface area contributed by atoms with Gasteiger partial charge in [0.25, 0.3) is 17.7 Å². The predicted molar refractivity (Wildman–Crippen MR) is 113 cm³/mol. The molecule has 1 N–H and O–H groups in total. The fraction of sp³-hybridized carbons (Fsp3) is 0.375. The first-order valence-corrected chi connectivity index (χ1v) is 12.8. The van der Waals surface area contributed by atoms with Crippen LogP contribution >= 0.6 is 21.6 Å². The van der Waals surface area contributed by atoms with Crippen LogP contribution in [0.25, 0.3) is 10.4 Å². The van der Waals surface area contributed by atoms with E-state index in [1.54, 1.807) is 0 Å². The van der Waals surface area contributed by atoms with Gasteiger partial charge in [0.15, 0.2) is 0 Å². The molecule has 0 aliphatic carbocycles. The Bertz CT molecular complexity index is 1050. The Balaban J connectivity index is 0.00000544. The van der Waals surface area contributed by atoms with Crippen LogP contribution in [0.4, 0.5) is 5.69 Å². The summed E-state index contributed by atoms with van der Waals surface area (Å²) in [5.74, 6) is -2.89. The minimum absolute atomic E-state index is 0. The maximum Gasteiger partial charge on any atom is 1.00 e. The first-order valence-electron chi connectivity index (χ1n) is 8.83. The first kappa shape index (κ1) is 29.3. The molecule has 1 fully saturated rings. The molecule has 33 heavy (non-hydrogen) atoms. The number of carbonyl (C=O) groups is 4. The Labute approximate surface area is 218 Å². The van der Waals surface area contributed by atoms with Gasteiger partial charge in [-0.15, -0.1) is 5.06 Å². The number of azide groups is 1. The van der Waals surface area contributed by atoms with Gasteiger partial charge in [-0.3, -0.25) is 14.4 Å². The monoisotopic (exact) mass is 525 g/mol. The summed E-state index contributed by atoms with van der Waals surface area (Å²) in [6.07, 6.45) is -1.03. The number of hydrogen-bond donors (Lipinski definition) is 1. The minimum Gasteiger partial charge on any atom is -0.747 e. The quantitative estimate of drug-likeness (QED) is 0.0506. The van der Waals surface area contributed by atoms with Crippen molar-refractivity contribution in [3.8, 4) is 0 Å². The second-order valence-corrected chi connectivity index (χ2v) is 10.3. The third-order valence-corrected chi connectivity index (χ3v) is 7.31. The molecule has 1 aromatic rings. The Morgan fingerprint density at radius 3 is 2.45 bits per heavy atom. The van der Waals surface area contributed by atoms with Gasteiger partial charge in [-0.25, -0.2) is 13.2 Å². The summed E-state index contributed by atoms with van der Waals surface area (Å²) in [4.78, 5) is 54.3. The van der Waals surface area contributed by atoms with Crippen molar-refractivity contribution in [1.29, 1.82) is 0 Å². The van der Waals surface area contributed by atoms with Crippen LogP contribution in [-0.4, -0.2) is 65.0 Å². The van der Waals surface area contributed by atoms with Crippen molar-refractivity contribution in [2.45, 2.75) is 18.1 Å². The zero-order chi connectivity index (χ0) is 23.7. The van der Waals surface area contributed by atoms with Crippen molar-refractivity contribution in [3.05, 3.63) is 40.3 Å². The van der Waals surface area contributed by atoms with Crippen LogP contribution in [0.1, 0.15) is 23.2 Å². The molecule has 1 saturated heterocycles. The van der Waals surface area contributed by atoms with E-state index in [1.165, 1.54) is 45.9 Å². The molecule has 17 heteroatoms. The van der Waals surface area contributed by atoms with Crippen molar-refractivity contribution in [3.63, 3.8) is 0 Å². The molecule has 0 aromatic heterocycles. The number of hydroxylamine groups is 2. The molecule has 1 atom stereocenters. The third kappa shape index (κ3) is 9.17. The average molecular weight is 526 g/mol. The maximum absolute atomic E-state index is 12.0. The molecular weight excluding hydrogens is 509 g/mol. The van der Waals surface area contributed by atoms with E-state index >= 15 is 0 Å². The largest absolute Gasteiger partial charge is 1.00 e. The van der Waals surface area contributed by atoms with Gasteiger partial charge < -0.3 is 14.7 Å².